The molecule has 0 atom stereocenters. The Morgan fingerprint density at radius 1 is 1.05 bits per heavy atom. The summed E-state index contributed by atoms with van der Waals surface area (Å²) in [7, 11) is 2.16. The van der Waals surface area contributed by atoms with Crippen LogP contribution in [0.2, 0.25) is 5.02 Å². The summed E-state index contributed by atoms with van der Waals surface area (Å²) in [6, 6.07) is 15.7. The molecule has 2 nitrogen and oxygen atoms in total. The molecule has 2 aromatic carbocycles. The van der Waals surface area contributed by atoms with Gasteiger partial charge in [-0.1, -0.05) is 37.1 Å². The molecule has 0 N–H and O–H groups in total. The van der Waals surface area contributed by atoms with E-state index in [4.69, 9.17) is 16.3 Å². The molecule has 0 saturated heterocycles. The van der Waals surface area contributed by atoms with Gasteiger partial charge in [0, 0.05) is 11.6 Å². The summed E-state index contributed by atoms with van der Waals surface area (Å²) in [4.78, 5) is 2.34. The lowest BCUT2D eigenvalue weighted by atomic mass is 10.2. The van der Waals surface area contributed by atoms with Crippen LogP contribution < -0.4 is 4.74 Å². The van der Waals surface area contributed by atoms with Gasteiger partial charge in [-0.15, -0.1) is 0 Å². The molecule has 0 bridgehead atoms. The number of benzene rings is 2. The first-order chi connectivity index (χ1) is 10.2. The second kappa shape index (κ2) is 8.06. The van der Waals surface area contributed by atoms with Crippen molar-refractivity contribution < 1.29 is 4.74 Å². The van der Waals surface area contributed by atoms with Crippen molar-refractivity contribution in [1.29, 1.82) is 0 Å². The lowest BCUT2D eigenvalue weighted by molar-refractivity contribution is 0.320. The van der Waals surface area contributed by atoms with Gasteiger partial charge in [-0.2, -0.15) is 0 Å². The summed E-state index contributed by atoms with van der Waals surface area (Å²) in [5, 5.41) is 0.716. The van der Waals surface area contributed by atoms with Crippen LogP contribution in [-0.2, 0) is 6.54 Å². The minimum Gasteiger partial charge on any atom is -0.457 e. The fraction of sp³-hybridized carbons (Fsp3) is 0.333. The van der Waals surface area contributed by atoms with E-state index in [9.17, 15) is 0 Å². The molecule has 0 aromatic heterocycles. The normalized spacial score (nSPS) is 10.9. The van der Waals surface area contributed by atoms with Crippen LogP contribution in [0.1, 0.15) is 25.3 Å². The van der Waals surface area contributed by atoms with Gasteiger partial charge in [-0.25, -0.2) is 0 Å². The summed E-state index contributed by atoms with van der Waals surface area (Å²) in [5.41, 5.74) is 1.26. The molecule has 0 fully saturated rings. The molecule has 0 aliphatic heterocycles. The predicted octanol–water partition coefficient (Wildman–Crippen LogP) is 5.36. The maximum Gasteiger partial charge on any atom is 0.127 e. The van der Waals surface area contributed by atoms with Crippen molar-refractivity contribution in [2.45, 2.75) is 26.3 Å². The molecule has 2 rings (SSSR count). The third kappa shape index (κ3) is 5.41. The van der Waals surface area contributed by atoms with Gasteiger partial charge in [0.15, 0.2) is 0 Å². The molecule has 0 saturated carbocycles. The maximum atomic E-state index is 5.88. The molecule has 0 unspecified atom stereocenters. The van der Waals surface area contributed by atoms with Crippen LogP contribution in [0, 0.1) is 0 Å². The van der Waals surface area contributed by atoms with E-state index in [2.05, 4.69) is 31.0 Å². The second-order valence-electron chi connectivity index (χ2n) is 5.29. The number of unbranched alkanes of at least 4 members (excludes halogenated alkanes) is 1. The Morgan fingerprint density at radius 2 is 1.81 bits per heavy atom. The van der Waals surface area contributed by atoms with E-state index in [-0.39, 0.29) is 0 Å². The first kappa shape index (κ1) is 15.9. The fourth-order valence-corrected chi connectivity index (χ4v) is 2.29. The molecule has 0 radical (unpaired) electrons. The van der Waals surface area contributed by atoms with Crippen molar-refractivity contribution in [3.63, 3.8) is 0 Å². The Morgan fingerprint density at radius 3 is 2.52 bits per heavy atom. The van der Waals surface area contributed by atoms with Crippen LogP contribution >= 0.6 is 11.6 Å². The van der Waals surface area contributed by atoms with Gasteiger partial charge < -0.3 is 9.64 Å². The van der Waals surface area contributed by atoms with Gasteiger partial charge in [0.2, 0.25) is 0 Å². The lowest BCUT2D eigenvalue weighted by Crippen LogP contribution is -2.18. The van der Waals surface area contributed by atoms with E-state index in [1.165, 1.54) is 18.4 Å². The number of hydrogen-bond acceptors (Lipinski definition) is 2. The maximum absolute atomic E-state index is 5.88. The van der Waals surface area contributed by atoms with Gasteiger partial charge in [0.1, 0.15) is 11.5 Å². The van der Waals surface area contributed by atoms with Gasteiger partial charge in [-0.3, -0.25) is 0 Å². The number of nitrogens with zero attached hydrogens (tertiary/aromatic N) is 1. The van der Waals surface area contributed by atoms with Crippen LogP contribution in [0.4, 0.5) is 0 Å². The molecule has 2 aromatic rings. The topological polar surface area (TPSA) is 12.5 Å². The molecule has 0 spiro atoms. The smallest absolute Gasteiger partial charge is 0.127 e. The Kier molecular flexibility index (Phi) is 6.09. The molecular formula is C18H22ClNO. The summed E-state index contributed by atoms with van der Waals surface area (Å²) < 4.78 is 5.86. The van der Waals surface area contributed by atoms with E-state index in [1.54, 1.807) is 0 Å². The minimum atomic E-state index is 0.716. The lowest BCUT2D eigenvalue weighted by Gasteiger charge is -2.16. The van der Waals surface area contributed by atoms with E-state index < -0.39 is 0 Å². The summed E-state index contributed by atoms with van der Waals surface area (Å²) in [5.74, 6) is 1.66. The zero-order chi connectivity index (χ0) is 15.1. The molecule has 0 amide bonds. The zero-order valence-electron chi connectivity index (χ0n) is 12.7. The molecule has 3 heteroatoms. The van der Waals surface area contributed by atoms with Gasteiger partial charge in [-0.05, 0) is 62.0 Å². The van der Waals surface area contributed by atoms with Crippen molar-refractivity contribution >= 4 is 11.6 Å². The summed E-state index contributed by atoms with van der Waals surface area (Å²) in [6.07, 6.45) is 2.46. The number of hydrogen-bond donors (Lipinski definition) is 0. The Bertz CT molecular complexity index is 553. The van der Waals surface area contributed by atoms with Crippen LogP contribution in [0.25, 0.3) is 0 Å². The quantitative estimate of drug-likeness (QED) is 0.682. The standard InChI is InChI=1S/C18H22ClNO/c1-3-4-12-20(2)14-15-6-5-7-18(13-15)21-17-10-8-16(19)9-11-17/h5-11,13H,3-4,12,14H2,1-2H3. The molecular weight excluding hydrogens is 282 g/mol. The highest BCUT2D eigenvalue weighted by atomic mass is 35.5. The minimum absolute atomic E-state index is 0.716. The zero-order valence-corrected chi connectivity index (χ0v) is 13.4. The van der Waals surface area contributed by atoms with Crippen LogP contribution in [-0.4, -0.2) is 18.5 Å². The van der Waals surface area contributed by atoms with E-state index in [0.29, 0.717) is 5.02 Å². The first-order valence-corrected chi connectivity index (χ1v) is 7.76. The highest BCUT2D eigenvalue weighted by Gasteiger charge is 2.03. The van der Waals surface area contributed by atoms with E-state index in [0.717, 1.165) is 24.6 Å². The van der Waals surface area contributed by atoms with Gasteiger partial charge in [0.05, 0.1) is 0 Å². The molecule has 112 valence electrons. The highest BCUT2D eigenvalue weighted by Crippen LogP contribution is 2.24. The fourth-order valence-electron chi connectivity index (χ4n) is 2.16. The summed E-state index contributed by atoms with van der Waals surface area (Å²) in [6.45, 7) is 4.28. The number of ether oxygens (including phenoxy) is 1. The second-order valence-corrected chi connectivity index (χ2v) is 5.73. The van der Waals surface area contributed by atoms with Crippen molar-refractivity contribution in [2.24, 2.45) is 0 Å². The van der Waals surface area contributed by atoms with Crippen LogP contribution in [0.5, 0.6) is 11.5 Å². The summed E-state index contributed by atoms with van der Waals surface area (Å²) >= 11 is 5.88. The van der Waals surface area contributed by atoms with Crippen molar-refractivity contribution in [2.75, 3.05) is 13.6 Å². The predicted molar refractivity (Wildman–Crippen MR) is 89.2 cm³/mol. The van der Waals surface area contributed by atoms with Crippen molar-refractivity contribution in [3.05, 3.63) is 59.1 Å². The SMILES string of the molecule is CCCCN(C)Cc1cccc(Oc2ccc(Cl)cc2)c1. The van der Waals surface area contributed by atoms with Crippen LogP contribution in [0.15, 0.2) is 48.5 Å². The number of rotatable bonds is 7. The van der Waals surface area contributed by atoms with Gasteiger partial charge >= 0.3 is 0 Å². The molecule has 0 aliphatic carbocycles. The average molecular weight is 304 g/mol. The Balaban J connectivity index is 1.98. The first-order valence-electron chi connectivity index (χ1n) is 7.38. The highest BCUT2D eigenvalue weighted by molar-refractivity contribution is 6.30. The number of halogens is 1. The van der Waals surface area contributed by atoms with Gasteiger partial charge in [0.25, 0.3) is 0 Å². The van der Waals surface area contributed by atoms with Crippen molar-refractivity contribution in [1.82, 2.24) is 4.90 Å². The average Bonchev–Trinajstić information content (AvgIpc) is 2.48. The molecule has 21 heavy (non-hydrogen) atoms. The molecule has 0 aliphatic rings. The van der Waals surface area contributed by atoms with E-state index >= 15 is 0 Å². The Hall–Kier alpha value is -1.51. The third-order valence-electron chi connectivity index (χ3n) is 3.29. The Labute approximate surface area is 132 Å². The largest absolute Gasteiger partial charge is 0.457 e. The third-order valence-corrected chi connectivity index (χ3v) is 3.55. The van der Waals surface area contributed by atoms with Crippen LogP contribution in [0.3, 0.4) is 0 Å². The monoisotopic (exact) mass is 303 g/mol. The molecule has 0 heterocycles. The van der Waals surface area contributed by atoms with E-state index in [1.807, 2.05) is 36.4 Å². The van der Waals surface area contributed by atoms with Crippen molar-refractivity contribution in [3.8, 4) is 11.5 Å².